The van der Waals surface area contributed by atoms with Gasteiger partial charge in [-0.2, -0.15) is 0 Å². The van der Waals surface area contributed by atoms with Crippen LogP contribution in [0.3, 0.4) is 0 Å². The maximum atomic E-state index is 12.7. The normalized spacial score (nSPS) is 15.0. The number of fused-ring (bicyclic) bond motifs is 1. The van der Waals surface area contributed by atoms with Gasteiger partial charge in [-0.05, 0) is 76.6 Å². The van der Waals surface area contributed by atoms with E-state index in [1.165, 1.54) is 0 Å². The second kappa shape index (κ2) is 12.8. The Morgan fingerprint density at radius 3 is 2.21 bits per heavy atom. The molecular weight excluding hydrogens is 498 g/mol. The quantitative estimate of drug-likeness (QED) is 0.366. The van der Waals surface area contributed by atoms with E-state index < -0.39 is 23.3 Å². The largest absolute Gasteiger partial charge is 0.444 e. The van der Waals surface area contributed by atoms with Gasteiger partial charge in [0.05, 0.1) is 6.54 Å². The predicted octanol–water partition coefficient (Wildman–Crippen LogP) is 5.17. The molecule has 1 aliphatic heterocycles. The third-order valence-corrected chi connectivity index (χ3v) is 5.96. The van der Waals surface area contributed by atoms with Crippen LogP contribution in [0.2, 0.25) is 0 Å². The lowest BCUT2D eigenvalue weighted by Gasteiger charge is -2.33. The summed E-state index contributed by atoms with van der Waals surface area (Å²) in [5.41, 5.74) is -0.287. The second-order valence-electron chi connectivity index (χ2n) is 11.7. The number of nitrogens with one attached hydrogen (secondary N) is 3. The van der Waals surface area contributed by atoms with Crippen molar-refractivity contribution in [3.05, 3.63) is 48.0 Å². The number of hydrogen-bond donors (Lipinski definition) is 3. The Kier molecular flexibility index (Phi) is 9.77. The van der Waals surface area contributed by atoms with Crippen LogP contribution in [-0.4, -0.2) is 59.9 Å². The summed E-state index contributed by atoms with van der Waals surface area (Å²) >= 11 is 0. The van der Waals surface area contributed by atoms with E-state index in [-0.39, 0.29) is 24.5 Å². The minimum atomic E-state index is -0.714. The molecular formula is C29H41N5O5. The van der Waals surface area contributed by atoms with Crippen molar-refractivity contribution >= 4 is 34.9 Å². The van der Waals surface area contributed by atoms with E-state index in [1.54, 1.807) is 25.7 Å². The number of urea groups is 1. The molecule has 39 heavy (non-hydrogen) atoms. The van der Waals surface area contributed by atoms with Gasteiger partial charge in [0.15, 0.2) is 0 Å². The fraction of sp³-hybridized carbons (Fsp3) is 0.517. The summed E-state index contributed by atoms with van der Waals surface area (Å²) in [6.45, 7) is 12.6. The topological polar surface area (TPSA) is 121 Å². The molecule has 0 bridgehead atoms. The molecule has 0 atom stereocenters. The van der Waals surface area contributed by atoms with Gasteiger partial charge in [0.1, 0.15) is 11.2 Å². The third-order valence-electron chi connectivity index (χ3n) is 5.96. The number of rotatable bonds is 4. The minimum Gasteiger partial charge on any atom is -0.444 e. The summed E-state index contributed by atoms with van der Waals surface area (Å²) in [6.07, 6.45) is 0.469. The lowest BCUT2D eigenvalue weighted by molar-refractivity contribution is 0.0184. The average molecular weight is 540 g/mol. The van der Waals surface area contributed by atoms with Gasteiger partial charge in [-0.25, -0.2) is 19.4 Å². The highest BCUT2D eigenvalue weighted by molar-refractivity contribution is 6.02. The molecule has 2 aromatic rings. The molecule has 0 unspecified atom stereocenters. The summed E-state index contributed by atoms with van der Waals surface area (Å²) in [5.74, 6) is 0.207. The highest BCUT2D eigenvalue weighted by Crippen LogP contribution is 2.20. The van der Waals surface area contributed by atoms with E-state index in [9.17, 15) is 14.4 Å². The van der Waals surface area contributed by atoms with Crippen LogP contribution in [0.5, 0.6) is 0 Å². The van der Waals surface area contributed by atoms with Crippen molar-refractivity contribution in [3.8, 4) is 0 Å². The van der Waals surface area contributed by atoms with Crippen molar-refractivity contribution < 1.29 is 23.9 Å². The van der Waals surface area contributed by atoms with E-state index in [0.717, 1.165) is 29.2 Å². The number of alkyl carbamates (subject to hydrolysis) is 1. The molecule has 10 nitrogen and oxygen atoms in total. The van der Waals surface area contributed by atoms with Crippen molar-refractivity contribution in [1.29, 1.82) is 0 Å². The standard InChI is InChI=1S/C29H41N5O5/c1-28(2,3)38-26(36)33-24(30-19-22-12-9-11-21-10-7-8-13-23(21)22)32-25(35)31-18-20-14-16-34(17-15-20)27(37)39-29(4,5)6/h7-13,20H,14-19H2,1-6H3,(H3,30,31,32,33,35,36). The van der Waals surface area contributed by atoms with Crippen LogP contribution in [0, 0.1) is 5.92 Å². The van der Waals surface area contributed by atoms with Gasteiger partial charge < -0.3 is 19.7 Å². The van der Waals surface area contributed by atoms with Crippen molar-refractivity contribution in [3.63, 3.8) is 0 Å². The maximum absolute atomic E-state index is 12.7. The van der Waals surface area contributed by atoms with Gasteiger partial charge in [-0.15, -0.1) is 0 Å². The van der Waals surface area contributed by atoms with E-state index in [0.29, 0.717) is 19.6 Å². The molecule has 3 rings (SSSR count). The molecule has 1 aliphatic rings. The molecule has 4 amide bonds. The summed E-state index contributed by atoms with van der Waals surface area (Å²) in [7, 11) is 0. The van der Waals surface area contributed by atoms with Gasteiger partial charge in [-0.1, -0.05) is 42.5 Å². The minimum absolute atomic E-state index is 0.00516. The Hall–Kier alpha value is -3.82. The van der Waals surface area contributed by atoms with Gasteiger partial charge in [0.2, 0.25) is 5.96 Å². The van der Waals surface area contributed by atoms with Crippen LogP contribution in [0.25, 0.3) is 10.8 Å². The number of carbonyl (C=O) groups is 3. The van der Waals surface area contributed by atoms with E-state index in [4.69, 9.17) is 9.47 Å². The Morgan fingerprint density at radius 2 is 1.54 bits per heavy atom. The molecule has 2 aromatic carbocycles. The third kappa shape index (κ3) is 10.1. The molecule has 0 aromatic heterocycles. The molecule has 0 saturated carbocycles. The molecule has 0 spiro atoms. The summed E-state index contributed by atoms with van der Waals surface area (Å²) in [4.78, 5) is 43.6. The number of likely N-dealkylation sites (tertiary alicyclic amines) is 1. The molecule has 0 radical (unpaired) electrons. The number of carbonyl (C=O) groups excluding carboxylic acids is 3. The summed E-state index contributed by atoms with van der Waals surface area (Å²) in [5, 5.41) is 10.2. The Labute approximate surface area is 230 Å². The molecule has 0 aliphatic carbocycles. The molecule has 1 saturated heterocycles. The number of hydrogen-bond acceptors (Lipinski definition) is 6. The van der Waals surface area contributed by atoms with Gasteiger partial charge in [0.25, 0.3) is 0 Å². The van der Waals surface area contributed by atoms with Crippen molar-refractivity contribution in [2.45, 2.75) is 72.1 Å². The zero-order valence-electron chi connectivity index (χ0n) is 23.8. The van der Waals surface area contributed by atoms with Crippen LogP contribution >= 0.6 is 0 Å². The molecule has 1 heterocycles. The lowest BCUT2D eigenvalue weighted by Crippen LogP contribution is -2.50. The first kappa shape index (κ1) is 29.7. The molecule has 1 fully saturated rings. The zero-order valence-corrected chi connectivity index (χ0v) is 23.8. The smallest absolute Gasteiger partial charge is 0.414 e. The maximum Gasteiger partial charge on any atom is 0.414 e. The second-order valence-corrected chi connectivity index (χ2v) is 11.7. The van der Waals surface area contributed by atoms with E-state index in [2.05, 4.69) is 20.9 Å². The van der Waals surface area contributed by atoms with Crippen LogP contribution in [0.15, 0.2) is 47.5 Å². The first-order valence-corrected chi connectivity index (χ1v) is 13.3. The number of nitrogens with zero attached hydrogens (tertiary/aromatic N) is 2. The number of ether oxygens (including phenoxy) is 2. The Bertz CT molecular complexity index is 1190. The van der Waals surface area contributed by atoms with Crippen LogP contribution in [-0.2, 0) is 16.0 Å². The number of guanidine groups is 1. The SMILES string of the molecule is CC(C)(C)OC(=O)NC(=NCc1cccc2ccccc12)NC(=O)NCC1CCN(C(=O)OC(C)(C)C)CC1. The van der Waals surface area contributed by atoms with Crippen molar-refractivity contribution in [2.24, 2.45) is 10.9 Å². The molecule has 10 heteroatoms. The Morgan fingerprint density at radius 1 is 0.897 bits per heavy atom. The molecule has 3 N–H and O–H groups in total. The molecule has 212 valence electrons. The number of piperidine rings is 1. The fourth-order valence-electron chi connectivity index (χ4n) is 4.14. The number of benzene rings is 2. The first-order valence-electron chi connectivity index (χ1n) is 13.3. The van der Waals surface area contributed by atoms with Crippen LogP contribution in [0.4, 0.5) is 14.4 Å². The lowest BCUT2D eigenvalue weighted by atomic mass is 9.97. The van der Waals surface area contributed by atoms with Crippen molar-refractivity contribution in [2.75, 3.05) is 19.6 Å². The first-order chi connectivity index (χ1) is 18.3. The van der Waals surface area contributed by atoms with E-state index in [1.807, 2.05) is 63.2 Å². The highest BCUT2D eigenvalue weighted by atomic mass is 16.6. The predicted molar refractivity (Wildman–Crippen MR) is 152 cm³/mol. The van der Waals surface area contributed by atoms with Gasteiger partial charge >= 0.3 is 18.2 Å². The van der Waals surface area contributed by atoms with E-state index >= 15 is 0 Å². The summed E-state index contributed by atoms with van der Waals surface area (Å²) in [6, 6.07) is 13.4. The summed E-state index contributed by atoms with van der Waals surface area (Å²) < 4.78 is 10.8. The zero-order chi connectivity index (χ0) is 28.6. The highest BCUT2D eigenvalue weighted by Gasteiger charge is 2.27. The fourth-order valence-corrected chi connectivity index (χ4v) is 4.14. The van der Waals surface area contributed by atoms with Gasteiger partial charge in [0, 0.05) is 19.6 Å². The van der Waals surface area contributed by atoms with Crippen LogP contribution in [0.1, 0.15) is 59.9 Å². The Balaban J connectivity index is 1.58. The average Bonchev–Trinajstić information content (AvgIpc) is 2.84. The van der Waals surface area contributed by atoms with Crippen LogP contribution < -0.4 is 16.0 Å². The number of amides is 4. The monoisotopic (exact) mass is 539 g/mol. The van der Waals surface area contributed by atoms with Crippen molar-refractivity contribution in [1.82, 2.24) is 20.9 Å². The van der Waals surface area contributed by atoms with Gasteiger partial charge in [-0.3, -0.25) is 10.6 Å². The number of aliphatic imine (C=N–C) groups is 1.